The number of phenols is 2. The summed E-state index contributed by atoms with van der Waals surface area (Å²) < 4.78 is 0. The molecule has 0 saturated carbocycles. The minimum absolute atomic E-state index is 0.114. The molecule has 0 radical (unpaired) electrons. The molecule has 0 heterocycles. The van der Waals surface area contributed by atoms with Crippen LogP contribution in [0.15, 0.2) is 0 Å². The molecule has 0 aliphatic carbocycles. The zero-order valence-corrected chi connectivity index (χ0v) is 8.76. The lowest BCUT2D eigenvalue weighted by Gasteiger charge is -2.15. The molecule has 0 atom stereocenters. The van der Waals surface area contributed by atoms with E-state index < -0.39 is 0 Å². The third kappa shape index (κ3) is 1.44. The number of hydrogen-bond acceptors (Lipinski definition) is 3. The lowest BCUT2D eigenvalue weighted by molar-refractivity contribution is 0.273. The molecule has 1 aromatic rings. The molecule has 0 aliphatic heterocycles. The molecule has 0 amide bonds. The Morgan fingerprint density at radius 1 is 0.929 bits per heavy atom. The van der Waals surface area contributed by atoms with Crippen LogP contribution in [0.2, 0.25) is 0 Å². The first kappa shape index (κ1) is 10.9. The fraction of sp³-hybridized carbons (Fsp3) is 0.455. The van der Waals surface area contributed by atoms with Gasteiger partial charge in [0.05, 0.1) is 6.61 Å². The summed E-state index contributed by atoms with van der Waals surface area (Å²) in [5.41, 5.74) is 2.38. The fourth-order valence-corrected chi connectivity index (χ4v) is 1.73. The molecule has 3 nitrogen and oxygen atoms in total. The van der Waals surface area contributed by atoms with Crippen molar-refractivity contribution in [3.8, 4) is 11.5 Å². The van der Waals surface area contributed by atoms with E-state index in [-0.39, 0.29) is 18.1 Å². The van der Waals surface area contributed by atoms with Crippen molar-refractivity contribution in [2.75, 3.05) is 0 Å². The quantitative estimate of drug-likeness (QED) is 0.632. The summed E-state index contributed by atoms with van der Waals surface area (Å²) in [5.74, 6) is 0.284. The highest BCUT2D eigenvalue weighted by molar-refractivity contribution is 5.56. The second-order valence-corrected chi connectivity index (χ2v) is 3.42. The van der Waals surface area contributed by atoms with Gasteiger partial charge in [-0.25, -0.2) is 0 Å². The van der Waals surface area contributed by atoms with Crippen LogP contribution in [0.4, 0.5) is 0 Å². The number of phenolic OH excluding ortho intramolecular Hbond substituents is 1. The minimum Gasteiger partial charge on any atom is -0.507 e. The van der Waals surface area contributed by atoms with Crippen molar-refractivity contribution in [3.63, 3.8) is 0 Å². The van der Waals surface area contributed by atoms with E-state index in [1.807, 2.05) is 6.92 Å². The predicted octanol–water partition coefficient (Wildman–Crippen LogP) is 1.77. The monoisotopic (exact) mass is 196 g/mol. The van der Waals surface area contributed by atoms with Gasteiger partial charge in [-0.05, 0) is 25.8 Å². The first-order valence-corrected chi connectivity index (χ1v) is 4.68. The van der Waals surface area contributed by atoms with Crippen LogP contribution >= 0.6 is 0 Å². The summed E-state index contributed by atoms with van der Waals surface area (Å²) in [6.07, 6.45) is 0.637. The molecule has 0 fully saturated rings. The summed E-state index contributed by atoms with van der Waals surface area (Å²) >= 11 is 0. The van der Waals surface area contributed by atoms with Crippen molar-refractivity contribution < 1.29 is 15.3 Å². The number of aliphatic hydroxyl groups excluding tert-OH is 1. The Morgan fingerprint density at radius 3 is 1.86 bits per heavy atom. The molecule has 0 saturated heterocycles. The zero-order chi connectivity index (χ0) is 10.9. The Hall–Kier alpha value is -1.22. The van der Waals surface area contributed by atoms with Crippen LogP contribution in [-0.2, 0) is 13.0 Å². The summed E-state index contributed by atoms with van der Waals surface area (Å²) in [5, 5.41) is 28.6. The van der Waals surface area contributed by atoms with Crippen LogP contribution in [0, 0.1) is 13.8 Å². The van der Waals surface area contributed by atoms with Crippen molar-refractivity contribution in [2.45, 2.75) is 33.8 Å². The molecule has 0 aliphatic rings. The number of hydrogen-bond donors (Lipinski definition) is 3. The zero-order valence-electron chi connectivity index (χ0n) is 8.76. The van der Waals surface area contributed by atoms with Gasteiger partial charge >= 0.3 is 0 Å². The van der Waals surface area contributed by atoms with E-state index in [9.17, 15) is 10.2 Å². The Morgan fingerprint density at radius 2 is 1.43 bits per heavy atom. The molecule has 78 valence electrons. The highest BCUT2D eigenvalue weighted by Crippen LogP contribution is 2.36. The molecule has 0 spiro atoms. The number of rotatable bonds is 2. The normalized spacial score (nSPS) is 10.6. The first-order valence-electron chi connectivity index (χ1n) is 4.68. The number of aromatic hydroxyl groups is 2. The average Bonchev–Trinajstić information content (AvgIpc) is 2.16. The second-order valence-electron chi connectivity index (χ2n) is 3.42. The van der Waals surface area contributed by atoms with E-state index in [1.54, 1.807) is 13.8 Å². The Balaban J connectivity index is 3.56. The van der Waals surface area contributed by atoms with Gasteiger partial charge in [-0.15, -0.1) is 0 Å². The largest absolute Gasteiger partial charge is 0.507 e. The average molecular weight is 196 g/mol. The second kappa shape index (κ2) is 3.88. The standard InChI is InChI=1S/C11H16O3/c1-4-8-6(2)10(13)7(3)9(5-12)11(8)14/h12-14H,4-5H2,1-3H3. The van der Waals surface area contributed by atoms with Crippen LogP contribution in [0.5, 0.6) is 11.5 Å². The maximum Gasteiger partial charge on any atom is 0.125 e. The van der Waals surface area contributed by atoms with Crippen molar-refractivity contribution in [3.05, 3.63) is 22.3 Å². The van der Waals surface area contributed by atoms with Gasteiger partial charge in [-0.3, -0.25) is 0 Å². The van der Waals surface area contributed by atoms with Gasteiger partial charge in [0.15, 0.2) is 0 Å². The number of aliphatic hydroxyl groups is 1. The molecule has 1 aromatic carbocycles. The highest BCUT2D eigenvalue weighted by Gasteiger charge is 2.16. The number of benzene rings is 1. The van der Waals surface area contributed by atoms with Crippen LogP contribution in [0.1, 0.15) is 29.2 Å². The highest BCUT2D eigenvalue weighted by atomic mass is 16.3. The molecule has 3 N–H and O–H groups in total. The van der Waals surface area contributed by atoms with Crippen LogP contribution < -0.4 is 0 Å². The Bertz CT molecular complexity index is 325. The van der Waals surface area contributed by atoms with Crippen molar-refractivity contribution in [1.82, 2.24) is 0 Å². The third-order valence-electron chi connectivity index (χ3n) is 2.70. The van der Waals surface area contributed by atoms with E-state index in [1.165, 1.54) is 0 Å². The Labute approximate surface area is 83.6 Å². The van der Waals surface area contributed by atoms with Crippen LogP contribution in [-0.4, -0.2) is 15.3 Å². The van der Waals surface area contributed by atoms with E-state index in [4.69, 9.17) is 5.11 Å². The van der Waals surface area contributed by atoms with Crippen molar-refractivity contribution in [1.29, 1.82) is 0 Å². The third-order valence-corrected chi connectivity index (χ3v) is 2.70. The molecular weight excluding hydrogens is 180 g/mol. The summed E-state index contributed by atoms with van der Waals surface area (Å²) in [7, 11) is 0. The smallest absolute Gasteiger partial charge is 0.125 e. The van der Waals surface area contributed by atoms with Crippen LogP contribution in [0.3, 0.4) is 0 Å². The summed E-state index contributed by atoms with van der Waals surface area (Å²) in [6.45, 7) is 5.10. The van der Waals surface area contributed by atoms with Gasteiger partial charge in [-0.1, -0.05) is 6.92 Å². The van der Waals surface area contributed by atoms with Gasteiger partial charge in [-0.2, -0.15) is 0 Å². The molecule has 0 bridgehead atoms. The van der Waals surface area contributed by atoms with E-state index in [0.717, 1.165) is 0 Å². The van der Waals surface area contributed by atoms with Gasteiger partial charge in [0.1, 0.15) is 11.5 Å². The Kier molecular flexibility index (Phi) is 3.01. The molecule has 0 aromatic heterocycles. The summed E-state index contributed by atoms with van der Waals surface area (Å²) in [4.78, 5) is 0. The van der Waals surface area contributed by atoms with Gasteiger partial charge < -0.3 is 15.3 Å². The lowest BCUT2D eigenvalue weighted by Crippen LogP contribution is -1.98. The van der Waals surface area contributed by atoms with E-state index >= 15 is 0 Å². The van der Waals surface area contributed by atoms with Gasteiger partial charge in [0, 0.05) is 16.7 Å². The molecule has 14 heavy (non-hydrogen) atoms. The molecular formula is C11H16O3. The molecule has 3 heteroatoms. The van der Waals surface area contributed by atoms with Crippen LogP contribution in [0.25, 0.3) is 0 Å². The fourth-order valence-electron chi connectivity index (χ4n) is 1.73. The predicted molar refractivity (Wildman–Crippen MR) is 54.5 cm³/mol. The van der Waals surface area contributed by atoms with Gasteiger partial charge in [0.2, 0.25) is 0 Å². The molecule has 1 rings (SSSR count). The SMILES string of the molecule is CCc1c(C)c(O)c(C)c(CO)c1O. The van der Waals surface area contributed by atoms with E-state index in [2.05, 4.69) is 0 Å². The molecule has 0 unspecified atom stereocenters. The van der Waals surface area contributed by atoms with Crippen molar-refractivity contribution in [2.24, 2.45) is 0 Å². The maximum atomic E-state index is 9.80. The van der Waals surface area contributed by atoms with Crippen molar-refractivity contribution >= 4 is 0 Å². The van der Waals surface area contributed by atoms with Gasteiger partial charge in [0.25, 0.3) is 0 Å². The lowest BCUT2D eigenvalue weighted by atomic mass is 9.95. The van der Waals surface area contributed by atoms with E-state index in [0.29, 0.717) is 28.7 Å². The minimum atomic E-state index is -0.251. The maximum absolute atomic E-state index is 9.80. The summed E-state index contributed by atoms with van der Waals surface area (Å²) in [6, 6.07) is 0. The topological polar surface area (TPSA) is 60.7 Å². The first-order chi connectivity index (χ1) is 6.54.